The van der Waals surface area contributed by atoms with Crippen molar-refractivity contribution < 1.29 is 4.79 Å². The molecule has 1 aromatic rings. The van der Waals surface area contributed by atoms with Crippen LogP contribution in [0.4, 0.5) is 5.69 Å². The summed E-state index contributed by atoms with van der Waals surface area (Å²) in [4.78, 5) is 25.1. The highest BCUT2D eigenvalue weighted by Gasteiger charge is 2.61. The first-order valence-corrected chi connectivity index (χ1v) is 13.9. The molecule has 4 nitrogen and oxygen atoms in total. The highest BCUT2D eigenvalue weighted by molar-refractivity contribution is 6.27. The van der Waals surface area contributed by atoms with Crippen LogP contribution in [0.15, 0.2) is 35.3 Å². The Morgan fingerprint density at radius 3 is 2.00 bits per heavy atom. The fourth-order valence-electron chi connectivity index (χ4n) is 9.38. The number of amidine groups is 1. The Labute approximate surface area is 198 Å². The third-order valence-electron chi connectivity index (χ3n) is 10.2. The lowest BCUT2D eigenvalue weighted by molar-refractivity contribution is -0.129. The molecule has 7 aliphatic rings. The molecule has 5 saturated carbocycles. The average Bonchev–Trinajstić information content (AvgIpc) is 3.40. The second-order valence-corrected chi connectivity index (χ2v) is 12.5. The van der Waals surface area contributed by atoms with Crippen LogP contribution in [-0.2, 0) is 4.79 Å². The highest BCUT2D eigenvalue weighted by atomic mass is 16.2. The number of aliphatic imine (C=N–C) groups is 1. The molecule has 1 spiro atoms. The molecule has 0 N–H and O–H groups in total. The average molecular weight is 446 g/mol. The minimum atomic E-state index is -0.264. The molecule has 0 unspecified atom stereocenters. The van der Waals surface area contributed by atoms with Crippen molar-refractivity contribution in [3.05, 3.63) is 30.3 Å². The Hall–Kier alpha value is -1.68. The molecule has 1 amide bonds. The summed E-state index contributed by atoms with van der Waals surface area (Å²) in [5.74, 6) is 4.11. The van der Waals surface area contributed by atoms with Gasteiger partial charge in [0.15, 0.2) is 0 Å². The summed E-state index contributed by atoms with van der Waals surface area (Å²) in [6.45, 7) is 2.25. The van der Waals surface area contributed by atoms with Gasteiger partial charge in [0.05, 0.1) is 22.7 Å². The molecule has 8 rings (SSSR count). The largest absolute Gasteiger partial charge is 0.293 e. The molecule has 2 saturated heterocycles. The molecule has 33 heavy (non-hydrogen) atoms. The van der Waals surface area contributed by atoms with Gasteiger partial charge >= 0.3 is 0 Å². The Morgan fingerprint density at radius 1 is 0.788 bits per heavy atom. The Kier molecular flexibility index (Phi) is 4.80. The van der Waals surface area contributed by atoms with Crippen molar-refractivity contribution in [3.63, 3.8) is 0 Å². The number of carbonyl (C=O) groups is 1. The van der Waals surface area contributed by atoms with Gasteiger partial charge in [-0.05, 0) is 107 Å². The van der Waals surface area contributed by atoms with E-state index in [0.717, 1.165) is 55.2 Å². The first-order chi connectivity index (χ1) is 16.2. The molecule has 5 aliphatic carbocycles. The predicted molar refractivity (Wildman–Crippen MR) is 132 cm³/mol. The van der Waals surface area contributed by atoms with Gasteiger partial charge < -0.3 is 0 Å². The van der Waals surface area contributed by atoms with E-state index in [2.05, 4.69) is 40.1 Å². The number of rotatable bonds is 3. The lowest BCUT2D eigenvalue weighted by Crippen LogP contribution is -2.53. The van der Waals surface area contributed by atoms with Crippen LogP contribution in [0.5, 0.6) is 0 Å². The Morgan fingerprint density at radius 2 is 1.39 bits per heavy atom. The maximum Gasteiger partial charge on any atom is 0.240 e. The van der Waals surface area contributed by atoms with E-state index in [0.29, 0.717) is 5.91 Å². The number of amides is 1. The SMILES string of the molecule is O=C1N(c2ccccc2)C(=NC23CC4CC(CC(C4)C2)C3)[C@@H](N2CCCC2)C12CCCCC2. The lowest BCUT2D eigenvalue weighted by Gasteiger charge is -2.55. The number of hydrogen-bond acceptors (Lipinski definition) is 3. The third-order valence-corrected chi connectivity index (χ3v) is 10.2. The van der Waals surface area contributed by atoms with E-state index >= 15 is 0 Å². The summed E-state index contributed by atoms with van der Waals surface area (Å²) in [6, 6.07) is 10.7. The van der Waals surface area contributed by atoms with Gasteiger partial charge in [0.1, 0.15) is 5.84 Å². The number of nitrogens with zero attached hydrogens (tertiary/aromatic N) is 3. The van der Waals surface area contributed by atoms with Crippen LogP contribution in [-0.4, -0.2) is 41.3 Å². The van der Waals surface area contributed by atoms with Gasteiger partial charge in [-0.15, -0.1) is 0 Å². The van der Waals surface area contributed by atoms with E-state index in [9.17, 15) is 4.79 Å². The summed E-state index contributed by atoms with van der Waals surface area (Å²) in [5, 5.41) is 0. The summed E-state index contributed by atoms with van der Waals surface area (Å²) in [5.41, 5.74) is 0.868. The molecular weight excluding hydrogens is 406 g/mol. The Bertz CT molecular complexity index is 906. The number of para-hydroxylation sites is 1. The molecule has 1 atom stereocenters. The van der Waals surface area contributed by atoms with Crippen molar-refractivity contribution in [3.8, 4) is 0 Å². The first kappa shape index (κ1) is 20.7. The third kappa shape index (κ3) is 3.19. The summed E-state index contributed by atoms with van der Waals surface area (Å²) >= 11 is 0. The zero-order valence-corrected chi connectivity index (χ0v) is 20.1. The molecule has 4 heteroatoms. The summed E-state index contributed by atoms with van der Waals surface area (Å²) in [7, 11) is 0. The molecule has 2 heterocycles. The quantitative estimate of drug-likeness (QED) is 0.588. The second-order valence-electron chi connectivity index (χ2n) is 12.5. The van der Waals surface area contributed by atoms with Crippen molar-refractivity contribution in [1.82, 2.24) is 4.90 Å². The van der Waals surface area contributed by atoms with Gasteiger partial charge in [0, 0.05) is 0 Å². The van der Waals surface area contributed by atoms with Crippen LogP contribution < -0.4 is 4.90 Å². The zero-order valence-electron chi connectivity index (χ0n) is 20.1. The van der Waals surface area contributed by atoms with Crippen LogP contribution in [0, 0.1) is 23.2 Å². The minimum Gasteiger partial charge on any atom is -0.293 e. The van der Waals surface area contributed by atoms with Crippen molar-refractivity contribution >= 4 is 17.4 Å². The standard InChI is InChI=1S/C29H39N3O/c33-27-29(11-5-2-6-12-29)25(31-13-7-8-14-31)26(32(27)24-9-3-1-4-10-24)30-28-18-21-15-22(19-28)17-23(16-21)20-28/h1,3-4,9-10,21-23,25H,2,5-8,11-20H2/t21?,22?,23?,25-,28?/m1/s1. The van der Waals surface area contributed by atoms with Gasteiger partial charge in [0.25, 0.3) is 0 Å². The number of hydrogen-bond donors (Lipinski definition) is 0. The van der Waals surface area contributed by atoms with Crippen molar-refractivity contribution in [2.24, 2.45) is 28.2 Å². The van der Waals surface area contributed by atoms with Crippen molar-refractivity contribution in [2.45, 2.75) is 95.1 Å². The fourth-order valence-corrected chi connectivity index (χ4v) is 9.38. The van der Waals surface area contributed by atoms with Gasteiger partial charge in [-0.2, -0.15) is 0 Å². The Balaban J connectivity index is 1.39. The molecule has 2 aliphatic heterocycles. The second kappa shape index (κ2) is 7.66. The van der Waals surface area contributed by atoms with E-state index in [1.165, 1.54) is 70.6 Å². The van der Waals surface area contributed by atoms with Crippen LogP contribution in [0.25, 0.3) is 0 Å². The maximum absolute atomic E-state index is 14.5. The van der Waals surface area contributed by atoms with Crippen LogP contribution >= 0.6 is 0 Å². The van der Waals surface area contributed by atoms with Gasteiger partial charge in [-0.25, -0.2) is 0 Å². The molecule has 0 radical (unpaired) electrons. The smallest absolute Gasteiger partial charge is 0.240 e. The monoisotopic (exact) mass is 445 g/mol. The molecule has 1 aromatic carbocycles. The van der Waals surface area contributed by atoms with Gasteiger partial charge in [-0.3, -0.25) is 19.6 Å². The zero-order chi connectivity index (χ0) is 22.0. The molecule has 4 bridgehead atoms. The number of carbonyl (C=O) groups excluding carboxylic acids is 1. The van der Waals surface area contributed by atoms with E-state index < -0.39 is 0 Å². The number of anilines is 1. The van der Waals surface area contributed by atoms with E-state index in [4.69, 9.17) is 4.99 Å². The van der Waals surface area contributed by atoms with E-state index in [1.807, 2.05) is 0 Å². The van der Waals surface area contributed by atoms with Crippen LogP contribution in [0.3, 0.4) is 0 Å². The normalized spacial score (nSPS) is 41.0. The summed E-state index contributed by atoms with van der Waals surface area (Å²) < 4.78 is 0. The highest BCUT2D eigenvalue weighted by Crippen LogP contribution is 2.58. The summed E-state index contributed by atoms with van der Waals surface area (Å²) in [6.07, 6.45) is 16.3. The minimum absolute atomic E-state index is 0.0928. The lowest BCUT2D eigenvalue weighted by atomic mass is 9.53. The fraction of sp³-hybridized carbons (Fsp3) is 0.724. The van der Waals surface area contributed by atoms with Gasteiger partial charge in [-0.1, -0.05) is 37.5 Å². The topological polar surface area (TPSA) is 35.9 Å². The van der Waals surface area contributed by atoms with Crippen LogP contribution in [0.1, 0.15) is 83.5 Å². The first-order valence-electron chi connectivity index (χ1n) is 13.9. The number of likely N-dealkylation sites (tertiary alicyclic amines) is 1. The molecule has 7 fully saturated rings. The van der Waals surface area contributed by atoms with Crippen LogP contribution in [0.2, 0.25) is 0 Å². The molecule has 0 aromatic heterocycles. The van der Waals surface area contributed by atoms with Gasteiger partial charge in [0.2, 0.25) is 5.91 Å². The molecular formula is C29H39N3O. The molecule has 176 valence electrons. The van der Waals surface area contributed by atoms with E-state index in [-0.39, 0.29) is 17.0 Å². The maximum atomic E-state index is 14.5. The van der Waals surface area contributed by atoms with Crippen molar-refractivity contribution in [1.29, 1.82) is 0 Å². The predicted octanol–water partition coefficient (Wildman–Crippen LogP) is 5.82. The van der Waals surface area contributed by atoms with E-state index in [1.54, 1.807) is 0 Å². The number of benzene rings is 1. The van der Waals surface area contributed by atoms with Crippen molar-refractivity contribution in [2.75, 3.05) is 18.0 Å².